The van der Waals surface area contributed by atoms with Crippen molar-refractivity contribution in [2.75, 3.05) is 23.9 Å². The Labute approximate surface area is 146 Å². The maximum atomic E-state index is 12.5. The van der Waals surface area contributed by atoms with Crippen molar-refractivity contribution in [2.24, 2.45) is 0 Å². The fourth-order valence-corrected chi connectivity index (χ4v) is 2.46. The van der Waals surface area contributed by atoms with Crippen LogP contribution >= 0.6 is 0 Å². The number of methoxy groups -OCH3 is 1. The van der Waals surface area contributed by atoms with Crippen LogP contribution in [0, 0.1) is 0 Å². The predicted octanol–water partition coefficient (Wildman–Crippen LogP) is 3.33. The molecule has 0 aliphatic carbocycles. The number of hydrogen-bond acceptors (Lipinski definition) is 5. The van der Waals surface area contributed by atoms with Crippen molar-refractivity contribution in [2.45, 2.75) is 6.54 Å². The minimum atomic E-state index is -0.128. The Morgan fingerprint density at radius 2 is 2.00 bits per heavy atom. The van der Waals surface area contributed by atoms with Crippen LogP contribution in [0.4, 0.5) is 11.4 Å². The number of amides is 1. The highest BCUT2D eigenvalue weighted by Crippen LogP contribution is 2.19. The molecule has 0 spiro atoms. The Kier molecular flexibility index (Phi) is 5.31. The first kappa shape index (κ1) is 16.6. The smallest absolute Gasteiger partial charge is 0.243 e. The van der Waals surface area contributed by atoms with E-state index in [2.05, 4.69) is 10.5 Å². The monoisotopic (exact) mass is 337 g/mol. The van der Waals surface area contributed by atoms with E-state index in [-0.39, 0.29) is 12.5 Å². The zero-order chi connectivity index (χ0) is 17.5. The maximum absolute atomic E-state index is 12.5. The van der Waals surface area contributed by atoms with E-state index in [1.807, 2.05) is 53.4 Å². The zero-order valence-electron chi connectivity index (χ0n) is 13.9. The van der Waals surface area contributed by atoms with Crippen molar-refractivity contribution >= 4 is 17.3 Å². The summed E-state index contributed by atoms with van der Waals surface area (Å²) in [5.74, 6) is 1.26. The van der Waals surface area contributed by atoms with Gasteiger partial charge in [0.15, 0.2) is 5.76 Å². The third-order valence-electron chi connectivity index (χ3n) is 3.65. The summed E-state index contributed by atoms with van der Waals surface area (Å²) < 4.78 is 10.4. The van der Waals surface area contributed by atoms with Crippen LogP contribution in [0.5, 0.6) is 5.75 Å². The van der Waals surface area contributed by atoms with Gasteiger partial charge in [-0.05, 0) is 24.3 Å². The second-order valence-corrected chi connectivity index (χ2v) is 5.45. The topological polar surface area (TPSA) is 67.6 Å². The molecule has 25 heavy (non-hydrogen) atoms. The van der Waals surface area contributed by atoms with E-state index >= 15 is 0 Å². The number of hydrogen-bond donors (Lipinski definition) is 1. The Morgan fingerprint density at radius 1 is 1.16 bits per heavy atom. The maximum Gasteiger partial charge on any atom is 0.243 e. The van der Waals surface area contributed by atoms with E-state index < -0.39 is 0 Å². The van der Waals surface area contributed by atoms with Gasteiger partial charge in [0.2, 0.25) is 5.91 Å². The highest BCUT2D eigenvalue weighted by molar-refractivity contribution is 5.94. The molecule has 0 fully saturated rings. The normalized spacial score (nSPS) is 10.3. The average Bonchev–Trinajstić information content (AvgIpc) is 3.15. The Bertz CT molecular complexity index is 804. The molecule has 6 heteroatoms. The molecule has 3 aromatic rings. The lowest BCUT2D eigenvalue weighted by Crippen LogP contribution is -2.32. The predicted molar refractivity (Wildman–Crippen MR) is 95.6 cm³/mol. The summed E-state index contributed by atoms with van der Waals surface area (Å²) >= 11 is 0. The number of rotatable bonds is 7. The second-order valence-electron chi connectivity index (χ2n) is 5.45. The van der Waals surface area contributed by atoms with E-state index in [1.54, 1.807) is 25.4 Å². The molecule has 0 aliphatic rings. The van der Waals surface area contributed by atoms with Gasteiger partial charge in [-0.15, -0.1) is 0 Å². The summed E-state index contributed by atoms with van der Waals surface area (Å²) in [7, 11) is 1.59. The highest BCUT2D eigenvalue weighted by Gasteiger charge is 2.14. The Balaban J connectivity index is 1.71. The van der Waals surface area contributed by atoms with Gasteiger partial charge in [0.1, 0.15) is 5.75 Å². The third kappa shape index (κ3) is 4.60. The van der Waals surface area contributed by atoms with E-state index in [9.17, 15) is 4.79 Å². The van der Waals surface area contributed by atoms with E-state index in [0.717, 1.165) is 5.69 Å². The minimum absolute atomic E-state index is 0.128. The molecule has 1 aromatic heterocycles. The number of benzene rings is 2. The zero-order valence-corrected chi connectivity index (χ0v) is 13.9. The fourth-order valence-electron chi connectivity index (χ4n) is 2.46. The molecule has 0 saturated carbocycles. The number of anilines is 2. The van der Waals surface area contributed by atoms with Gasteiger partial charge in [0, 0.05) is 23.5 Å². The summed E-state index contributed by atoms with van der Waals surface area (Å²) in [6, 6.07) is 18.8. The summed E-state index contributed by atoms with van der Waals surface area (Å²) in [5.41, 5.74) is 1.62. The van der Waals surface area contributed by atoms with Crippen molar-refractivity contribution in [1.82, 2.24) is 5.16 Å². The first-order chi connectivity index (χ1) is 12.2. The quantitative estimate of drug-likeness (QED) is 0.716. The van der Waals surface area contributed by atoms with Gasteiger partial charge in [-0.25, -0.2) is 0 Å². The van der Waals surface area contributed by atoms with E-state index in [1.165, 1.54) is 0 Å². The molecule has 0 bridgehead atoms. The Hall–Kier alpha value is -3.28. The van der Waals surface area contributed by atoms with Crippen LogP contribution in [-0.4, -0.2) is 24.7 Å². The van der Waals surface area contributed by atoms with Crippen molar-refractivity contribution in [3.63, 3.8) is 0 Å². The van der Waals surface area contributed by atoms with Crippen molar-refractivity contribution in [1.29, 1.82) is 0 Å². The van der Waals surface area contributed by atoms with Gasteiger partial charge in [-0.1, -0.05) is 29.4 Å². The van der Waals surface area contributed by atoms with Gasteiger partial charge < -0.3 is 19.5 Å². The Morgan fingerprint density at radius 3 is 2.72 bits per heavy atom. The molecule has 0 radical (unpaired) electrons. The minimum Gasteiger partial charge on any atom is -0.497 e. The molecule has 0 saturated heterocycles. The number of carbonyl (C=O) groups is 1. The molecular formula is C19H19N3O3. The molecule has 1 N–H and O–H groups in total. The molecule has 0 aliphatic heterocycles. The number of aromatic nitrogens is 1. The van der Waals surface area contributed by atoms with E-state index in [0.29, 0.717) is 23.7 Å². The number of nitrogens with zero attached hydrogens (tertiary/aromatic N) is 2. The number of carbonyl (C=O) groups excluding carboxylic acids is 1. The molecular weight excluding hydrogens is 318 g/mol. The van der Waals surface area contributed by atoms with Crippen LogP contribution in [0.3, 0.4) is 0 Å². The first-order valence-electron chi connectivity index (χ1n) is 7.88. The van der Waals surface area contributed by atoms with Crippen LogP contribution in [0.1, 0.15) is 5.76 Å². The van der Waals surface area contributed by atoms with Crippen LogP contribution in [0.25, 0.3) is 0 Å². The third-order valence-corrected chi connectivity index (χ3v) is 3.65. The van der Waals surface area contributed by atoms with Crippen LogP contribution in [-0.2, 0) is 11.3 Å². The largest absolute Gasteiger partial charge is 0.497 e. The number of para-hydroxylation sites is 1. The van der Waals surface area contributed by atoms with E-state index in [4.69, 9.17) is 9.26 Å². The van der Waals surface area contributed by atoms with Crippen molar-refractivity contribution < 1.29 is 14.1 Å². The average molecular weight is 337 g/mol. The van der Waals surface area contributed by atoms with Crippen LogP contribution in [0.2, 0.25) is 0 Å². The van der Waals surface area contributed by atoms with Crippen molar-refractivity contribution in [3.8, 4) is 5.75 Å². The summed E-state index contributed by atoms with van der Waals surface area (Å²) in [5, 5.41) is 6.61. The fraction of sp³-hybridized carbons (Fsp3) is 0.158. The summed E-state index contributed by atoms with van der Waals surface area (Å²) in [4.78, 5) is 14.4. The van der Waals surface area contributed by atoms with Crippen molar-refractivity contribution in [3.05, 3.63) is 72.6 Å². The molecule has 1 heterocycles. The molecule has 128 valence electrons. The molecule has 1 amide bonds. The van der Waals surface area contributed by atoms with Gasteiger partial charge in [0.05, 0.1) is 26.4 Å². The lowest BCUT2D eigenvalue weighted by Gasteiger charge is -2.23. The SMILES string of the molecule is COc1cccc(NC(=O)CN(Cc2ccno2)c2ccccc2)c1. The van der Waals surface area contributed by atoms with Gasteiger partial charge in [-0.3, -0.25) is 4.79 Å². The molecule has 6 nitrogen and oxygen atoms in total. The lowest BCUT2D eigenvalue weighted by molar-refractivity contribution is -0.115. The van der Waals surface area contributed by atoms with Crippen LogP contribution in [0.15, 0.2) is 71.4 Å². The molecule has 0 atom stereocenters. The second kappa shape index (κ2) is 8.01. The van der Waals surface area contributed by atoms with Gasteiger partial charge >= 0.3 is 0 Å². The highest BCUT2D eigenvalue weighted by atomic mass is 16.5. The molecule has 2 aromatic carbocycles. The first-order valence-corrected chi connectivity index (χ1v) is 7.88. The number of nitrogens with one attached hydrogen (secondary N) is 1. The van der Waals surface area contributed by atoms with Gasteiger partial charge in [-0.2, -0.15) is 0 Å². The summed E-state index contributed by atoms with van der Waals surface area (Å²) in [6.07, 6.45) is 1.59. The molecule has 3 rings (SSSR count). The molecule has 0 unspecified atom stereocenters. The summed E-state index contributed by atoms with van der Waals surface area (Å²) in [6.45, 7) is 0.636. The standard InChI is InChI=1S/C19H19N3O3/c1-24-17-9-5-6-15(12-17)21-19(23)14-22(13-18-10-11-20-25-18)16-7-3-2-4-8-16/h2-12H,13-14H2,1H3,(H,21,23). The van der Waals surface area contributed by atoms with Crippen LogP contribution < -0.4 is 15.0 Å². The van der Waals surface area contributed by atoms with Gasteiger partial charge in [0.25, 0.3) is 0 Å². The lowest BCUT2D eigenvalue weighted by atomic mass is 10.2. The number of ether oxygens (including phenoxy) is 1.